The van der Waals surface area contributed by atoms with E-state index in [1.807, 2.05) is 0 Å². The van der Waals surface area contributed by atoms with E-state index >= 15 is 0 Å². The van der Waals surface area contributed by atoms with E-state index in [0.29, 0.717) is 31.8 Å². The first-order valence-electron chi connectivity index (χ1n) is 8.07. The van der Waals surface area contributed by atoms with Gasteiger partial charge in [-0.05, 0) is 11.8 Å². The molecule has 1 amide bonds. The minimum Gasteiger partial charge on any atom is -0.445 e. The highest BCUT2D eigenvalue weighted by Crippen LogP contribution is 2.33. The highest BCUT2D eigenvalue weighted by molar-refractivity contribution is 7.91. The highest BCUT2D eigenvalue weighted by atomic mass is 32.2. The van der Waals surface area contributed by atoms with Crippen molar-refractivity contribution in [3.63, 3.8) is 0 Å². The Balaban J connectivity index is 1.52. The number of amides is 1. The number of likely N-dealkylation sites (tertiary alicyclic amines) is 1. The molecule has 3 heterocycles. The van der Waals surface area contributed by atoms with Crippen molar-refractivity contribution in [2.75, 3.05) is 24.6 Å². The zero-order valence-corrected chi connectivity index (χ0v) is 14.7. The first-order chi connectivity index (χ1) is 10.6. The predicted molar refractivity (Wildman–Crippen MR) is 85.7 cm³/mol. The van der Waals surface area contributed by atoms with Gasteiger partial charge in [-0.25, -0.2) is 13.4 Å². The molecule has 0 spiro atoms. The summed E-state index contributed by atoms with van der Waals surface area (Å²) in [5.41, 5.74) is -0.0901. The number of aryl methyl sites for hydroxylation is 1. The molecule has 0 radical (unpaired) electrons. The summed E-state index contributed by atoms with van der Waals surface area (Å²) in [7, 11) is -2.88. The number of rotatable bonds is 3. The number of oxazole rings is 1. The quantitative estimate of drug-likeness (QED) is 0.831. The zero-order chi connectivity index (χ0) is 16.8. The molecule has 2 aliphatic rings. The van der Waals surface area contributed by atoms with E-state index in [0.717, 1.165) is 5.76 Å². The fourth-order valence-electron chi connectivity index (χ4n) is 3.38. The third-order valence-corrected chi connectivity index (χ3v) is 6.58. The maximum absolute atomic E-state index is 12.3. The number of aromatic nitrogens is 1. The van der Waals surface area contributed by atoms with Crippen LogP contribution in [0.15, 0.2) is 10.6 Å². The Hall–Kier alpha value is -1.37. The van der Waals surface area contributed by atoms with Gasteiger partial charge in [-0.2, -0.15) is 0 Å². The molecule has 3 rings (SSSR count). The van der Waals surface area contributed by atoms with Gasteiger partial charge in [0.1, 0.15) is 5.76 Å². The monoisotopic (exact) mass is 340 g/mol. The first-order valence-corrected chi connectivity index (χ1v) is 9.89. The van der Waals surface area contributed by atoms with E-state index < -0.39 is 9.84 Å². The molecule has 2 atom stereocenters. The lowest BCUT2D eigenvalue weighted by Gasteiger charge is -2.17. The molecule has 6 nitrogen and oxygen atoms in total. The molecule has 0 N–H and O–H groups in total. The molecule has 2 saturated heterocycles. The van der Waals surface area contributed by atoms with Crippen LogP contribution in [0.2, 0.25) is 0 Å². The van der Waals surface area contributed by atoms with Crippen LogP contribution in [0.1, 0.15) is 38.8 Å². The predicted octanol–water partition coefficient (Wildman–Crippen LogP) is 1.41. The van der Waals surface area contributed by atoms with Gasteiger partial charge < -0.3 is 9.32 Å². The van der Waals surface area contributed by atoms with Crippen LogP contribution < -0.4 is 0 Å². The summed E-state index contributed by atoms with van der Waals surface area (Å²) in [5, 5.41) is 0. The van der Waals surface area contributed by atoms with E-state index in [1.54, 1.807) is 11.1 Å². The van der Waals surface area contributed by atoms with Gasteiger partial charge in [0.15, 0.2) is 15.7 Å². The number of carbonyl (C=O) groups excluding carboxylic acids is 1. The summed E-state index contributed by atoms with van der Waals surface area (Å²) < 4.78 is 28.9. The molecule has 2 fully saturated rings. The summed E-state index contributed by atoms with van der Waals surface area (Å²) in [6.45, 7) is 7.31. The van der Waals surface area contributed by atoms with E-state index in [-0.39, 0.29) is 34.7 Å². The largest absolute Gasteiger partial charge is 0.445 e. The molecule has 128 valence electrons. The Morgan fingerprint density at radius 2 is 1.91 bits per heavy atom. The van der Waals surface area contributed by atoms with Crippen molar-refractivity contribution in [1.29, 1.82) is 0 Å². The summed E-state index contributed by atoms with van der Waals surface area (Å²) in [6, 6.07) is 0. The van der Waals surface area contributed by atoms with Crippen molar-refractivity contribution < 1.29 is 17.6 Å². The third kappa shape index (κ3) is 3.59. The number of fused-ring (bicyclic) bond motifs is 1. The number of sulfone groups is 1. The number of hydrogen-bond acceptors (Lipinski definition) is 5. The van der Waals surface area contributed by atoms with E-state index in [4.69, 9.17) is 4.42 Å². The van der Waals surface area contributed by atoms with Gasteiger partial charge in [0.25, 0.3) is 0 Å². The molecule has 7 heteroatoms. The van der Waals surface area contributed by atoms with Crippen molar-refractivity contribution >= 4 is 15.7 Å². The average molecular weight is 340 g/mol. The molecule has 0 saturated carbocycles. The molecular formula is C16H24N2O4S. The minimum atomic E-state index is -2.88. The van der Waals surface area contributed by atoms with Crippen molar-refractivity contribution in [1.82, 2.24) is 9.88 Å². The van der Waals surface area contributed by atoms with Gasteiger partial charge in [-0.15, -0.1) is 0 Å². The van der Waals surface area contributed by atoms with Crippen LogP contribution in [-0.4, -0.2) is 48.8 Å². The topological polar surface area (TPSA) is 80.5 Å². The lowest BCUT2D eigenvalue weighted by molar-refractivity contribution is -0.130. The molecule has 0 unspecified atom stereocenters. The minimum absolute atomic E-state index is 0.0623. The van der Waals surface area contributed by atoms with Crippen LogP contribution in [0.3, 0.4) is 0 Å². The number of carbonyl (C=O) groups is 1. The first kappa shape index (κ1) is 16.5. The van der Waals surface area contributed by atoms with Crippen molar-refractivity contribution in [3.05, 3.63) is 17.8 Å². The van der Waals surface area contributed by atoms with Gasteiger partial charge in [0.05, 0.1) is 17.7 Å². The molecule has 0 aliphatic carbocycles. The van der Waals surface area contributed by atoms with Gasteiger partial charge in [-0.3, -0.25) is 4.79 Å². The second-order valence-electron chi connectivity index (χ2n) is 7.76. The van der Waals surface area contributed by atoms with Crippen molar-refractivity contribution in [2.24, 2.45) is 11.8 Å². The normalized spacial score (nSPS) is 26.5. The lowest BCUT2D eigenvalue weighted by atomic mass is 9.94. The number of hydrogen-bond donors (Lipinski definition) is 0. The molecule has 23 heavy (non-hydrogen) atoms. The summed E-state index contributed by atoms with van der Waals surface area (Å²) >= 11 is 0. The van der Waals surface area contributed by atoms with Crippen LogP contribution in [0.5, 0.6) is 0 Å². The Labute approximate surface area is 137 Å². The maximum atomic E-state index is 12.3. The van der Waals surface area contributed by atoms with Crippen molar-refractivity contribution in [2.45, 2.75) is 39.0 Å². The fraction of sp³-hybridized carbons (Fsp3) is 0.750. The second-order valence-corrected chi connectivity index (χ2v) is 9.92. The van der Waals surface area contributed by atoms with Gasteiger partial charge in [0, 0.05) is 31.3 Å². The molecule has 0 aromatic carbocycles. The Kier molecular flexibility index (Phi) is 4.02. The summed E-state index contributed by atoms with van der Waals surface area (Å²) in [6.07, 6.45) is 2.57. The molecule has 1 aromatic rings. The van der Waals surface area contributed by atoms with Crippen LogP contribution in [0.25, 0.3) is 0 Å². The van der Waals surface area contributed by atoms with Gasteiger partial charge >= 0.3 is 0 Å². The Morgan fingerprint density at radius 1 is 1.30 bits per heavy atom. The average Bonchev–Trinajstić information content (AvgIpc) is 3.07. The van der Waals surface area contributed by atoms with Gasteiger partial charge in [-0.1, -0.05) is 20.8 Å². The van der Waals surface area contributed by atoms with E-state index in [9.17, 15) is 13.2 Å². The fourth-order valence-corrected chi connectivity index (χ4v) is 5.58. The van der Waals surface area contributed by atoms with E-state index in [1.165, 1.54) is 0 Å². The molecule has 0 bridgehead atoms. The standard InChI is InChI=1S/C16H24N2O4S/c1-16(2,3)13-6-17-14(22-13)4-5-15(19)18-7-11-9-23(20,21)10-12(11)8-18/h6,11-12H,4-5,7-10H2,1-3H3/t11-,12+. The maximum Gasteiger partial charge on any atom is 0.223 e. The Bertz CT molecular complexity index is 682. The lowest BCUT2D eigenvalue weighted by Crippen LogP contribution is -2.31. The second kappa shape index (κ2) is 5.61. The van der Waals surface area contributed by atoms with Crippen LogP contribution in [0, 0.1) is 11.8 Å². The smallest absolute Gasteiger partial charge is 0.223 e. The van der Waals surface area contributed by atoms with E-state index in [2.05, 4.69) is 25.8 Å². The number of nitrogens with zero attached hydrogens (tertiary/aromatic N) is 2. The molecule has 2 aliphatic heterocycles. The third-order valence-electron chi connectivity index (χ3n) is 4.71. The van der Waals surface area contributed by atoms with Crippen molar-refractivity contribution in [3.8, 4) is 0 Å². The summed E-state index contributed by atoms with van der Waals surface area (Å²) in [5.74, 6) is 2.18. The molecule has 1 aromatic heterocycles. The SMILES string of the molecule is CC(C)(C)c1cnc(CCC(=O)N2C[C@@H]3CS(=O)(=O)C[C@@H]3C2)o1. The summed E-state index contributed by atoms with van der Waals surface area (Å²) in [4.78, 5) is 18.4. The van der Waals surface area contributed by atoms with Crippen LogP contribution in [0.4, 0.5) is 0 Å². The molecular weight excluding hydrogens is 316 g/mol. The van der Waals surface area contributed by atoms with Crippen LogP contribution >= 0.6 is 0 Å². The zero-order valence-electron chi connectivity index (χ0n) is 13.9. The highest BCUT2D eigenvalue weighted by Gasteiger charge is 2.44. The Morgan fingerprint density at radius 3 is 2.43 bits per heavy atom. The van der Waals surface area contributed by atoms with Crippen LogP contribution in [-0.2, 0) is 26.5 Å². The van der Waals surface area contributed by atoms with Gasteiger partial charge in [0.2, 0.25) is 5.91 Å².